The second-order valence-electron chi connectivity index (χ2n) is 5.09. The van der Waals surface area contributed by atoms with Gasteiger partial charge in [-0.25, -0.2) is 9.37 Å². The molecule has 0 atom stereocenters. The summed E-state index contributed by atoms with van der Waals surface area (Å²) >= 11 is 0. The summed E-state index contributed by atoms with van der Waals surface area (Å²) in [4.78, 5) is 4.04. The minimum atomic E-state index is -3.56. The van der Waals surface area contributed by atoms with Gasteiger partial charge in [0.25, 0.3) is 0 Å². The Morgan fingerprint density at radius 2 is 1.91 bits per heavy atom. The molecule has 0 aliphatic heterocycles. The molecule has 8 heteroatoms. The molecular formula is C15H19FN4O2S. The molecule has 1 aromatic heterocycles. The quantitative estimate of drug-likeness (QED) is 0.811. The van der Waals surface area contributed by atoms with E-state index in [-0.39, 0.29) is 11.6 Å². The first-order valence-corrected chi connectivity index (χ1v) is 8.46. The molecule has 0 spiro atoms. The summed E-state index contributed by atoms with van der Waals surface area (Å²) in [5.74, 6) is 0.0132. The van der Waals surface area contributed by atoms with Crippen LogP contribution in [0, 0.1) is 5.82 Å². The summed E-state index contributed by atoms with van der Waals surface area (Å²) < 4.78 is 40.2. The minimum Gasteiger partial charge on any atom is -0.383 e. The lowest BCUT2D eigenvalue weighted by molar-refractivity contribution is 0.526. The number of nitrogens with one attached hydrogen (secondary N) is 2. The van der Waals surface area contributed by atoms with Gasteiger partial charge in [0.05, 0.1) is 11.9 Å². The van der Waals surface area contributed by atoms with E-state index in [1.54, 1.807) is 30.3 Å². The number of pyridine rings is 1. The van der Waals surface area contributed by atoms with Crippen LogP contribution in [-0.4, -0.2) is 38.3 Å². The molecular weight excluding hydrogens is 319 g/mol. The Kier molecular flexibility index (Phi) is 5.51. The lowest BCUT2D eigenvalue weighted by Crippen LogP contribution is -2.29. The Balaban J connectivity index is 1.89. The van der Waals surface area contributed by atoms with Crippen molar-refractivity contribution >= 4 is 21.7 Å². The lowest BCUT2D eigenvalue weighted by Gasteiger charge is -2.13. The third kappa shape index (κ3) is 4.90. The van der Waals surface area contributed by atoms with Crippen LogP contribution in [0.4, 0.5) is 15.9 Å². The largest absolute Gasteiger partial charge is 0.383 e. The van der Waals surface area contributed by atoms with Crippen LogP contribution >= 0.6 is 0 Å². The third-order valence-electron chi connectivity index (χ3n) is 3.16. The SMILES string of the molecule is CN(C)S(=O)(=O)Nc1ccc(NCCc2ccccc2F)cn1. The molecule has 2 aromatic rings. The van der Waals surface area contributed by atoms with Crippen molar-refractivity contribution in [2.45, 2.75) is 6.42 Å². The normalized spacial score (nSPS) is 11.5. The summed E-state index contributed by atoms with van der Waals surface area (Å²) in [6.45, 7) is 0.547. The Morgan fingerprint density at radius 3 is 2.52 bits per heavy atom. The zero-order chi connectivity index (χ0) is 16.9. The molecule has 0 fully saturated rings. The summed E-state index contributed by atoms with van der Waals surface area (Å²) in [6.07, 6.45) is 2.07. The average molecular weight is 338 g/mol. The van der Waals surface area contributed by atoms with Crippen molar-refractivity contribution in [3.8, 4) is 0 Å². The first kappa shape index (κ1) is 17.2. The molecule has 0 saturated carbocycles. The zero-order valence-electron chi connectivity index (χ0n) is 13.0. The number of hydrogen-bond donors (Lipinski definition) is 2. The molecule has 23 heavy (non-hydrogen) atoms. The van der Waals surface area contributed by atoms with E-state index >= 15 is 0 Å². The Hall–Kier alpha value is -2.19. The van der Waals surface area contributed by atoms with E-state index in [1.165, 1.54) is 26.4 Å². The Bertz CT molecular complexity index is 748. The second kappa shape index (κ2) is 7.38. The van der Waals surface area contributed by atoms with Crippen LogP contribution in [0.15, 0.2) is 42.6 Å². The summed E-state index contributed by atoms with van der Waals surface area (Å²) in [5.41, 5.74) is 1.37. The highest BCUT2D eigenvalue weighted by molar-refractivity contribution is 7.90. The number of hydrogen-bond acceptors (Lipinski definition) is 4. The standard InChI is InChI=1S/C15H19FN4O2S/c1-20(2)23(21,22)19-15-8-7-13(11-18-15)17-10-9-12-5-3-4-6-14(12)16/h3-8,11,17H,9-10H2,1-2H3,(H,18,19). The maximum absolute atomic E-state index is 13.5. The van der Waals surface area contributed by atoms with Crippen molar-refractivity contribution < 1.29 is 12.8 Å². The van der Waals surface area contributed by atoms with Crippen molar-refractivity contribution in [3.05, 3.63) is 54.0 Å². The summed E-state index contributed by atoms with van der Waals surface area (Å²) in [7, 11) is -0.700. The Labute approximate surface area is 135 Å². The highest BCUT2D eigenvalue weighted by Crippen LogP contribution is 2.12. The van der Waals surface area contributed by atoms with Crippen LogP contribution in [-0.2, 0) is 16.6 Å². The molecule has 0 bridgehead atoms. The van der Waals surface area contributed by atoms with Gasteiger partial charge in [-0.3, -0.25) is 4.72 Å². The van der Waals surface area contributed by atoms with Crippen molar-refractivity contribution in [1.82, 2.24) is 9.29 Å². The number of aromatic nitrogens is 1. The van der Waals surface area contributed by atoms with Gasteiger partial charge in [-0.1, -0.05) is 18.2 Å². The van der Waals surface area contributed by atoms with E-state index in [1.807, 2.05) is 0 Å². The molecule has 2 N–H and O–H groups in total. The van der Waals surface area contributed by atoms with E-state index in [9.17, 15) is 12.8 Å². The van der Waals surface area contributed by atoms with Gasteiger partial charge in [0.15, 0.2) is 0 Å². The molecule has 2 rings (SSSR count). The molecule has 0 aliphatic rings. The van der Waals surface area contributed by atoms with Gasteiger partial charge in [-0.15, -0.1) is 0 Å². The van der Waals surface area contributed by atoms with Crippen LogP contribution in [0.5, 0.6) is 0 Å². The predicted octanol–water partition coefficient (Wildman–Crippen LogP) is 2.09. The summed E-state index contributed by atoms with van der Waals surface area (Å²) in [6, 6.07) is 9.90. The van der Waals surface area contributed by atoms with E-state index in [2.05, 4.69) is 15.0 Å². The van der Waals surface area contributed by atoms with Gasteiger partial charge >= 0.3 is 10.2 Å². The van der Waals surface area contributed by atoms with Gasteiger partial charge in [0, 0.05) is 20.6 Å². The maximum atomic E-state index is 13.5. The van der Waals surface area contributed by atoms with E-state index in [0.717, 1.165) is 9.99 Å². The van der Waals surface area contributed by atoms with Crippen LogP contribution < -0.4 is 10.0 Å². The fraction of sp³-hybridized carbons (Fsp3) is 0.267. The van der Waals surface area contributed by atoms with Crippen LogP contribution in [0.3, 0.4) is 0 Å². The topological polar surface area (TPSA) is 74.3 Å². The first-order valence-electron chi connectivity index (χ1n) is 7.02. The van der Waals surface area contributed by atoms with Crippen LogP contribution in [0.1, 0.15) is 5.56 Å². The molecule has 0 unspecified atom stereocenters. The van der Waals surface area contributed by atoms with Crippen molar-refractivity contribution in [3.63, 3.8) is 0 Å². The monoisotopic (exact) mass is 338 g/mol. The number of rotatable bonds is 7. The summed E-state index contributed by atoms with van der Waals surface area (Å²) in [5, 5.41) is 3.12. The van der Waals surface area contributed by atoms with Crippen molar-refractivity contribution in [2.75, 3.05) is 30.7 Å². The molecule has 0 aliphatic carbocycles. The zero-order valence-corrected chi connectivity index (χ0v) is 13.8. The van der Waals surface area contributed by atoms with Gasteiger partial charge in [-0.2, -0.15) is 12.7 Å². The van der Waals surface area contributed by atoms with E-state index in [4.69, 9.17) is 0 Å². The number of halogens is 1. The molecule has 0 radical (unpaired) electrons. The fourth-order valence-electron chi connectivity index (χ4n) is 1.82. The highest BCUT2D eigenvalue weighted by Gasteiger charge is 2.13. The van der Waals surface area contributed by atoms with Gasteiger partial charge in [0.1, 0.15) is 11.6 Å². The molecule has 1 heterocycles. The second-order valence-corrected chi connectivity index (χ2v) is 6.97. The average Bonchev–Trinajstić information content (AvgIpc) is 2.50. The Morgan fingerprint density at radius 1 is 1.17 bits per heavy atom. The first-order chi connectivity index (χ1) is 10.9. The van der Waals surface area contributed by atoms with Crippen LogP contribution in [0.25, 0.3) is 0 Å². The molecule has 124 valence electrons. The molecule has 6 nitrogen and oxygen atoms in total. The maximum Gasteiger partial charge on any atom is 0.302 e. The van der Waals surface area contributed by atoms with Crippen molar-refractivity contribution in [1.29, 1.82) is 0 Å². The van der Waals surface area contributed by atoms with E-state index < -0.39 is 10.2 Å². The molecule has 1 aromatic carbocycles. The highest BCUT2D eigenvalue weighted by atomic mass is 32.2. The fourth-order valence-corrected chi connectivity index (χ4v) is 2.39. The van der Waals surface area contributed by atoms with Gasteiger partial charge < -0.3 is 5.32 Å². The molecule has 0 saturated heterocycles. The van der Waals surface area contributed by atoms with Crippen molar-refractivity contribution in [2.24, 2.45) is 0 Å². The third-order valence-corrected chi connectivity index (χ3v) is 4.59. The van der Waals surface area contributed by atoms with Gasteiger partial charge in [0.2, 0.25) is 0 Å². The van der Waals surface area contributed by atoms with E-state index in [0.29, 0.717) is 18.5 Å². The van der Waals surface area contributed by atoms with Crippen LogP contribution in [0.2, 0.25) is 0 Å². The smallest absolute Gasteiger partial charge is 0.302 e. The number of benzene rings is 1. The van der Waals surface area contributed by atoms with Gasteiger partial charge in [-0.05, 0) is 30.2 Å². The number of nitrogens with zero attached hydrogens (tertiary/aromatic N) is 2. The lowest BCUT2D eigenvalue weighted by atomic mass is 10.1. The predicted molar refractivity (Wildman–Crippen MR) is 89.1 cm³/mol. The molecule has 0 amide bonds. The minimum absolute atomic E-state index is 0.221. The number of anilines is 2.